The van der Waals surface area contributed by atoms with Gasteiger partial charge in [-0.1, -0.05) is 0 Å². The Hall–Kier alpha value is -4.40. The molecule has 1 aromatic carbocycles. The number of aliphatic imine (C=N–C) groups is 2. The van der Waals surface area contributed by atoms with Gasteiger partial charge in [0, 0.05) is 23.5 Å². The molecule has 0 aliphatic carbocycles. The molecule has 0 atom stereocenters. The molecule has 0 aliphatic heterocycles. The minimum atomic E-state index is -0.412. The van der Waals surface area contributed by atoms with Crippen molar-refractivity contribution in [3.63, 3.8) is 0 Å². The first-order valence-corrected chi connectivity index (χ1v) is 9.36. The van der Waals surface area contributed by atoms with Gasteiger partial charge in [0.05, 0.1) is 28.9 Å². The summed E-state index contributed by atoms with van der Waals surface area (Å²) in [6.45, 7) is 5.10. The molecule has 4 aromatic heterocycles. The molecule has 4 heterocycles. The van der Waals surface area contributed by atoms with Crippen LogP contribution in [0.4, 0.5) is 4.39 Å². The molecule has 0 amide bonds. The van der Waals surface area contributed by atoms with Crippen molar-refractivity contribution in [2.75, 3.05) is 0 Å². The fourth-order valence-electron chi connectivity index (χ4n) is 3.47. The van der Waals surface area contributed by atoms with Crippen LogP contribution in [0, 0.1) is 5.82 Å². The zero-order chi connectivity index (χ0) is 21.4. The monoisotopic (exact) mass is 413 g/mol. The summed E-state index contributed by atoms with van der Waals surface area (Å²) < 4.78 is 20.7. The van der Waals surface area contributed by atoms with E-state index in [4.69, 9.17) is 4.42 Å². The van der Waals surface area contributed by atoms with Crippen LogP contribution in [0.15, 0.2) is 63.6 Å². The maximum absolute atomic E-state index is 15.5. The number of rotatable bonds is 5. The fraction of sp³-hybridized carbons (Fsp3) is 0.0455. The number of halogens is 1. The maximum atomic E-state index is 15.5. The van der Waals surface area contributed by atoms with Gasteiger partial charge in [0.25, 0.3) is 0 Å². The van der Waals surface area contributed by atoms with Gasteiger partial charge in [-0.2, -0.15) is 5.10 Å². The van der Waals surface area contributed by atoms with Crippen LogP contribution in [0.5, 0.6) is 0 Å². The van der Waals surface area contributed by atoms with Crippen LogP contribution < -0.4 is 0 Å². The summed E-state index contributed by atoms with van der Waals surface area (Å²) in [6.07, 6.45) is 7.69. The second-order valence-electron chi connectivity index (χ2n) is 6.83. The maximum Gasteiger partial charge on any atom is 0.159 e. The van der Waals surface area contributed by atoms with Gasteiger partial charge < -0.3 is 9.40 Å². The highest BCUT2D eigenvalue weighted by molar-refractivity contribution is 5.97. The molecule has 31 heavy (non-hydrogen) atoms. The smallest absolute Gasteiger partial charge is 0.159 e. The lowest BCUT2D eigenvalue weighted by Gasteiger charge is -2.04. The van der Waals surface area contributed by atoms with Crippen LogP contribution in [0.1, 0.15) is 12.5 Å². The number of hydrogen-bond acceptors (Lipinski definition) is 5. The fourth-order valence-corrected chi connectivity index (χ4v) is 3.47. The molecule has 0 saturated carbocycles. The summed E-state index contributed by atoms with van der Waals surface area (Å²) in [4.78, 5) is 19.8. The molecule has 5 aromatic rings. The summed E-state index contributed by atoms with van der Waals surface area (Å²) in [5.41, 5.74) is 4.88. The Bertz CT molecular complexity index is 1470. The molecule has 0 aliphatic rings. The van der Waals surface area contributed by atoms with E-state index in [1.807, 2.05) is 12.1 Å². The van der Waals surface area contributed by atoms with Gasteiger partial charge >= 0.3 is 0 Å². The number of pyridine rings is 1. The molecule has 0 bridgehead atoms. The zero-order valence-corrected chi connectivity index (χ0v) is 16.4. The first kappa shape index (κ1) is 18.6. The van der Waals surface area contributed by atoms with E-state index in [1.54, 1.807) is 37.8 Å². The minimum absolute atomic E-state index is 0.341. The topological polar surface area (TPSA) is 108 Å². The van der Waals surface area contributed by atoms with Crippen molar-refractivity contribution in [1.29, 1.82) is 0 Å². The van der Waals surface area contributed by atoms with Gasteiger partial charge in [-0.15, -0.1) is 0 Å². The average Bonchev–Trinajstić information content (AvgIpc) is 3.52. The number of imidazole rings is 1. The third-order valence-electron chi connectivity index (χ3n) is 4.93. The number of fused-ring (bicyclic) bond motifs is 2. The van der Waals surface area contributed by atoms with Gasteiger partial charge in [0.2, 0.25) is 0 Å². The Labute approximate surface area is 175 Å². The molecule has 0 spiro atoms. The Kier molecular flexibility index (Phi) is 4.47. The Balaban J connectivity index is 1.67. The van der Waals surface area contributed by atoms with Crippen LogP contribution >= 0.6 is 0 Å². The Morgan fingerprint density at radius 2 is 2.10 bits per heavy atom. The van der Waals surface area contributed by atoms with Crippen LogP contribution in [0.3, 0.4) is 0 Å². The number of benzene rings is 1. The van der Waals surface area contributed by atoms with Crippen LogP contribution in [0.25, 0.3) is 50.3 Å². The van der Waals surface area contributed by atoms with Gasteiger partial charge in [0.1, 0.15) is 29.1 Å². The Morgan fingerprint density at radius 3 is 2.90 bits per heavy atom. The molecular formula is C22H16FN7O. The van der Waals surface area contributed by atoms with Gasteiger partial charge in [0.15, 0.2) is 5.82 Å². The summed E-state index contributed by atoms with van der Waals surface area (Å²) in [7, 11) is 0. The molecule has 2 N–H and O–H groups in total. The molecule has 0 unspecified atom stereocenters. The molecule has 8 nitrogen and oxygen atoms in total. The quantitative estimate of drug-likeness (QED) is 0.312. The predicted octanol–water partition coefficient (Wildman–Crippen LogP) is 4.99. The van der Waals surface area contributed by atoms with E-state index < -0.39 is 5.82 Å². The van der Waals surface area contributed by atoms with E-state index in [-0.39, 0.29) is 0 Å². The second kappa shape index (κ2) is 7.45. The number of nitrogens with zero attached hydrogens (tertiary/aromatic N) is 5. The normalized spacial score (nSPS) is 12.4. The van der Waals surface area contributed by atoms with Crippen LogP contribution in [-0.4, -0.2) is 38.2 Å². The second-order valence-corrected chi connectivity index (χ2v) is 6.83. The third kappa shape index (κ3) is 3.12. The van der Waals surface area contributed by atoms with Crippen LogP contribution in [-0.2, 0) is 0 Å². The summed E-state index contributed by atoms with van der Waals surface area (Å²) in [5.74, 6) is 0.0240. The number of aromatic nitrogens is 5. The number of nitrogens with one attached hydrogen (secondary N) is 2. The van der Waals surface area contributed by atoms with Crippen molar-refractivity contribution in [3.05, 3.63) is 60.6 Å². The van der Waals surface area contributed by atoms with Crippen molar-refractivity contribution >= 4 is 40.6 Å². The van der Waals surface area contributed by atoms with Gasteiger partial charge in [-0.25, -0.2) is 14.4 Å². The van der Waals surface area contributed by atoms with Crippen molar-refractivity contribution in [3.8, 4) is 22.8 Å². The highest BCUT2D eigenvalue weighted by atomic mass is 19.1. The first-order valence-electron chi connectivity index (χ1n) is 9.36. The zero-order valence-electron chi connectivity index (χ0n) is 16.4. The lowest BCUT2D eigenvalue weighted by molar-refractivity contribution is 0.568. The van der Waals surface area contributed by atoms with Crippen LogP contribution in [0.2, 0.25) is 0 Å². The summed E-state index contributed by atoms with van der Waals surface area (Å²) >= 11 is 0. The summed E-state index contributed by atoms with van der Waals surface area (Å²) in [5, 5.41) is 7.54. The van der Waals surface area contributed by atoms with E-state index in [0.717, 1.165) is 11.1 Å². The molecule has 0 fully saturated rings. The lowest BCUT2D eigenvalue weighted by atomic mass is 10.0. The molecule has 0 radical (unpaired) electrons. The largest absolute Gasteiger partial charge is 0.472 e. The third-order valence-corrected chi connectivity index (χ3v) is 4.93. The predicted molar refractivity (Wildman–Crippen MR) is 118 cm³/mol. The molecule has 5 rings (SSSR count). The highest BCUT2D eigenvalue weighted by Gasteiger charge is 2.20. The van der Waals surface area contributed by atoms with E-state index in [2.05, 4.69) is 41.9 Å². The highest BCUT2D eigenvalue weighted by Crippen LogP contribution is 2.33. The van der Waals surface area contributed by atoms with E-state index in [9.17, 15) is 0 Å². The standard InChI is InChI=1S/C22H16FN7O/c1-12(9-25-11-24-2)14-3-4-15-17(18(14)23)21(30-29-15)22-27-16-5-7-26-19(20(16)28-22)13-6-8-31-10-13/h3-11H,2H2,1H3,(H,27,28)(H,29,30)/b12-9+,25-11-. The van der Waals surface area contributed by atoms with Crippen molar-refractivity contribution in [1.82, 2.24) is 25.1 Å². The Morgan fingerprint density at radius 1 is 1.19 bits per heavy atom. The van der Waals surface area contributed by atoms with E-state index in [0.29, 0.717) is 44.8 Å². The van der Waals surface area contributed by atoms with E-state index >= 15 is 4.39 Å². The molecular weight excluding hydrogens is 397 g/mol. The van der Waals surface area contributed by atoms with Crippen molar-refractivity contribution < 1.29 is 8.81 Å². The average molecular weight is 413 g/mol. The van der Waals surface area contributed by atoms with E-state index in [1.165, 1.54) is 12.5 Å². The number of hydrogen-bond donors (Lipinski definition) is 2. The molecule has 0 saturated heterocycles. The SMILES string of the molecule is C=N/C=N\C=C(/C)c1ccc2[nH]nc(-c3nc4c(-c5ccoc5)nccc4[nH]3)c2c1F. The number of aromatic amines is 2. The summed E-state index contributed by atoms with van der Waals surface area (Å²) in [6, 6.07) is 7.08. The molecule has 152 valence electrons. The van der Waals surface area contributed by atoms with Crippen molar-refractivity contribution in [2.45, 2.75) is 6.92 Å². The van der Waals surface area contributed by atoms with Crippen molar-refractivity contribution in [2.24, 2.45) is 9.98 Å². The van der Waals surface area contributed by atoms with Gasteiger partial charge in [-0.05, 0) is 43.5 Å². The van der Waals surface area contributed by atoms with Gasteiger partial charge in [-0.3, -0.25) is 15.1 Å². The number of allylic oxidation sites excluding steroid dienone is 1. The first-order chi connectivity index (χ1) is 15.2. The minimum Gasteiger partial charge on any atom is -0.472 e. The number of H-pyrrole nitrogens is 2. The lowest BCUT2D eigenvalue weighted by Crippen LogP contribution is -1.90. The molecule has 9 heteroatoms. The number of furan rings is 1.